The van der Waals surface area contributed by atoms with E-state index in [1.165, 1.54) is 6.07 Å². The van der Waals surface area contributed by atoms with Crippen LogP contribution in [0.25, 0.3) is 0 Å². The predicted molar refractivity (Wildman–Crippen MR) is 93.0 cm³/mol. The number of likely N-dealkylation sites (tertiary alicyclic amines) is 1. The molecule has 0 aromatic heterocycles. The fourth-order valence-corrected chi connectivity index (χ4v) is 3.10. The normalized spacial score (nSPS) is 17.3. The molecule has 1 unspecified atom stereocenters. The van der Waals surface area contributed by atoms with Crippen LogP contribution in [0.4, 0.5) is 4.39 Å². The first-order valence-corrected chi connectivity index (χ1v) is 8.55. The van der Waals surface area contributed by atoms with Crippen molar-refractivity contribution in [3.63, 3.8) is 0 Å². The summed E-state index contributed by atoms with van der Waals surface area (Å²) in [5.41, 5.74) is 0.882. The van der Waals surface area contributed by atoms with Crippen molar-refractivity contribution in [3.8, 4) is 11.5 Å². The summed E-state index contributed by atoms with van der Waals surface area (Å²) in [5, 5.41) is 9.31. The van der Waals surface area contributed by atoms with Crippen LogP contribution in [-0.2, 0) is 11.2 Å². The number of amides is 1. The standard InChI is InChI=1S/C20H22FNO3/c21-18-5-1-2-6-19(18)25-14-16-4-3-11-22(13-16)20(24)12-15-7-9-17(23)10-8-15/h1-2,5-10,16,23H,3-4,11-14H2. The molecule has 25 heavy (non-hydrogen) atoms. The summed E-state index contributed by atoms with van der Waals surface area (Å²) in [6.07, 6.45) is 2.21. The number of hydrogen-bond acceptors (Lipinski definition) is 3. The highest BCUT2D eigenvalue weighted by molar-refractivity contribution is 5.78. The van der Waals surface area contributed by atoms with E-state index in [1.54, 1.807) is 42.5 Å². The lowest BCUT2D eigenvalue weighted by Crippen LogP contribution is -2.42. The lowest BCUT2D eigenvalue weighted by Gasteiger charge is -2.32. The fourth-order valence-electron chi connectivity index (χ4n) is 3.10. The Labute approximate surface area is 146 Å². The van der Waals surface area contributed by atoms with Gasteiger partial charge in [0.25, 0.3) is 0 Å². The minimum Gasteiger partial charge on any atom is -0.508 e. The fraction of sp³-hybridized carbons (Fsp3) is 0.350. The highest BCUT2D eigenvalue weighted by Crippen LogP contribution is 2.21. The number of rotatable bonds is 5. The number of phenols is 1. The van der Waals surface area contributed by atoms with Gasteiger partial charge in [-0.05, 0) is 42.7 Å². The lowest BCUT2D eigenvalue weighted by atomic mass is 9.98. The van der Waals surface area contributed by atoms with Crippen molar-refractivity contribution in [2.75, 3.05) is 19.7 Å². The van der Waals surface area contributed by atoms with Gasteiger partial charge in [0.05, 0.1) is 13.0 Å². The number of ether oxygens (including phenoxy) is 1. The molecule has 3 rings (SSSR count). The van der Waals surface area contributed by atoms with E-state index in [4.69, 9.17) is 4.74 Å². The monoisotopic (exact) mass is 343 g/mol. The van der Waals surface area contributed by atoms with Crippen LogP contribution < -0.4 is 4.74 Å². The summed E-state index contributed by atoms with van der Waals surface area (Å²) < 4.78 is 19.2. The number of hydrogen-bond donors (Lipinski definition) is 1. The molecule has 1 amide bonds. The molecule has 2 aromatic carbocycles. The zero-order chi connectivity index (χ0) is 17.6. The molecule has 5 heteroatoms. The van der Waals surface area contributed by atoms with Gasteiger partial charge < -0.3 is 14.7 Å². The highest BCUT2D eigenvalue weighted by atomic mass is 19.1. The molecule has 0 aliphatic carbocycles. The molecule has 1 atom stereocenters. The lowest BCUT2D eigenvalue weighted by molar-refractivity contribution is -0.132. The summed E-state index contributed by atoms with van der Waals surface area (Å²) in [6, 6.07) is 13.1. The maximum Gasteiger partial charge on any atom is 0.227 e. The minimum absolute atomic E-state index is 0.0706. The first kappa shape index (κ1) is 17.3. The molecule has 1 saturated heterocycles. The van der Waals surface area contributed by atoms with Crippen molar-refractivity contribution < 1.29 is 19.0 Å². The van der Waals surface area contributed by atoms with E-state index in [9.17, 15) is 14.3 Å². The number of carbonyl (C=O) groups is 1. The van der Waals surface area contributed by atoms with Gasteiger partial charge in [-0.2, -0.15) is 0 Å². The maximum absolute atomic E-state index is 13.6. The second-order valence-corrected chi connectivity index (χ2v) is 6.43. The van der Waals surface area contributed by atoms with Crippen LogP contribution in [0.2, 0.25) is 0 Å². The van der Waals surface area contributed by atoms with E-state index >= 15 is 0 Å². The van der Waals surface area contributed by atoms with E-state index < -0.39 is 0 Å². The Balaban J connectivity index is 1.52. The Morgan fingerprint density at radius 1 is 1.20 bits per heavy atom. The maximum atomic E-state index is 13.6. The van der Waals surface area contributed by atoms with Crippen LogP contribution in [0.1, 0.15) is 18.4 Å². The molecular weight excluding hydrogens is 321 g/mol. The van der Waals surface area contributed by atoms with Gasteiger partial charge >= 0.3 is 0 Å². The first-order valence-electron chi connectivity index (χ1n) is 8.55. The average molecular weight is 343 g/mol. The molecule has 0 bridgehead atoms. The number of phenolic OH excluding ortho intramolecular Hbond substituents is 1. The summed E-state index contributed by atoms with van der Waals surface area (Å²) in [7, 11) is 0. The van der Waals surface area contributed by atoms with E-state index in [0.717, 1.165) is 24.9 Å². The Hall–Kier alpha value is -2.56. The molecule has 1 fully saturated rings. The number of benzene rings is 2. The Kier molecular flexibility index (Phi) is 5.53. The van der Waals surface area contributed by atoms with Crippen LogP contribution in [0, 0.1) is 11.7 Å². The second-order valence-electron chi connectivity index (χ2n) is 6.43. The SMILES string of the molecule is O=C(Cc1ccc(O)cc1)N1CCCC(COc2ccccc2F)C1. The number of halogens is 1. The van der Waals surface area contributed by atoms with Crippen LogP contribution in [-0.4, -0.2) is 35.6 Å². The van der Waals surface area contributed by atoms with Crippen molar-refractivity contribution >= 4 is 5.91 Å². The van der Waals surface area contributed by atoms with Gasteiger partial charge in [0.1, 0.15) is 5.75 Å². The third-order valence-corrected chi connectivity index (χ3v) is 4.47. The van der Waals surface area contributed by atoms with Crippen molar-refractivity contribution in [3.05, 3.63) is 59.9 Å². The highest BCUT2D eigenvalue weighted by Gasteiger charge is 2.24. The Bertz CT molecular complexity index is 717. The average Bonchev–Trinajstić information content (AvgIpc) is 2.63. The molecule has 0 saturated carbocycles. The predicted octanol–water partition coefficient (Wildman–Crippen LogP) is 3.39. The number of aromatic hydroxyl groups is 1. The second kappa shape index (κ2) is 8.01. The minimum atomic E-state index is -0.362. The third kappa shape index (κ3) is 4.72. The molecular formula is C20H22FNO3. The van der Waals surface area contributed by atoms with Crippen molar-refractivity contribution in [1.29, 1.82) is 0 Å². The summed E-state index contributed by atoms with van der Waals surface area (Å²) in [5.74, 6) is 0.367. The van der Waals surface area contributed by atoms with E-state index in [2.05, 4.69) is 0 Å². The molecule has 1 N–H and O–H groups in total. The van der Waals surface area contributed by atoms with Gasteiger partial charge in [-0.15, -0.1) is 0 Å². The van der Waals surface area contributed by atoms with E-state index in [-0.39, 0.29) is 29.1 Å². The number of nitrogens with zero attached hydrogens (tertiary/aromatic N) is 1. The number of para-hydroxylation sites is 1. The Morgan fingerprint density at radius 2 is 1.96 bits per heavy atom. The van der Waals surface area contributed by atoms with Gasteiger partial charge in [-0.1, -0.05) is 24.3 Å². The van der Waals surface area contributed by atoms with Crippen LogP contribution in [0.15, 0.2) is 48.5 Å². The molecule has 0 radical (unpaired) electrons. The zero-order valence-electron chi connectivity index (χ0n) is 14.0. The van der Waals surface area contributed by atoms with Gasteiger partial charge in [0.15, 0.2) is 11.6 Å². The van der Waals surface area contributed by atoms with Crippen LogP contribution >= 0.6 is 0 Å². The van der Waals surface area contributed by atoms with Crippen molar-refractivity contribution in [2.45, 2.75) is 19.3 Å². The van der Waals surface area contributed by atoms with Crippen LogP contribution in [0.5, 0.6) is 11.5 Å². The van der Waals surface area contributed by atoms with Crippen molar-refractivity contribution in [1.82, 2.24) is 4.90 Å². The summed E-state index contributed by atoms with van der Waals surface area (Å²) >= 11 is 0. The Morgan fingerprint density at radius 3 is 2.72 bits per heavy atom. The summed E-state index contributed by atoms with van der Waals surface area (Å²) in [4.78, 5) is 14.3. The molecule has 1 aliphatic rings. The molecule has 1 heterocycles. The molecule has 4 nitrogen and oxygen atoms in total. The van der Waals surface area contributed by atoms with Gasteiger partial charge in [-0.25, -0.2) is 4.39 Å². The van der Waals surface area contributed by atoms with Crippen LogP contribution in [0.3, 0.4) is 0 Å². The molecule has 132 valence electrons. The quantitative estimate of drug-likeness (QED) is 0.905. The van der Waals surface area contributed by atoms with Gasteiger partial charge in [-0.3, -0.25) is 4.79 Å². The van der Waals surface area contributed by atoms with E-state index in [0.29, 0.717) is 19.6 Å². The summed E-state index contributed by atoms with van der Waals surface area (Å²) in [6.45, 7) is 1.78. The van der Waals surface area contributed by atoms with Gasteiger partial charge in [0.2, 0.25) is 5.91 Å². The smallest absolute Gasteiger partial charge is 0.227 e. The number of carbonyl (C=O) groups excluding carboxylic acids is 1. The van der Waals surface area contributed by atoms with E-state index in [1.807, 2.05) is 4.90 Å². The molecule has 1 aliphatic heterocycles. The largest absolute Gasteiger partial charge is 0.508 e. The van der Waals surface area contributed by atoms with Gasteiger partial charge in [0, 0.05) is 19.0 Å². The third-order valence-electron chi connectivity index (χ3n) is 4.47. The first-order chi connectivity index (χ1) is 12.1. The molecule has 2 aromatic rings. The number of piperidine rings is 1. The topological polar surface area (TPSA) is 49.8 Å². The molecule has 0 spiro atoms. The van der Waals surface area contributed by atoms with Crippen molar-refractivity contribution in [2.24, 2.45) is 5.92 Å². The zero-order valence-corrected chi connectivity index (χ0v) is 14.0.